The third-order valence-electron chi connectivity index (χ3n) is 5.95. The minimum absolute atomic E-state index is 0.00172. The number of ketones is 1. The van der Waals surface area contributed by atoms with Crippen LogP contribution in [0.5, 0.6) is 0 Å². The molecule has 0 heterocycles. The maximum Gasteiger partial charge on any atom is 0.309 e. The largest absolute Gasteiger partial charge is 0.465 e. The number of carbonyl (C=O) groups is 3. The smallest absolute Gasteiger partial charge is 0.309 e. The van der Waals surface area contributed by atoms with Crippen LogP contribution in [0.25, 0.3) is 0 Å². The number of hydrogen-bond acceptors (Lipinski definition) is 5. The summed E-state index contributed by atoms with van der Waals surface area (Å²) in [4.78, 5) is 35.5. The predicted molar refractivity (Wildman–Crippen MR) is 189 cm³/mol. The molecule has 0 aliphatic carbocycles. The Hall–Kier alpha value is -2.99. The van der Waals surface area contributed by atoms with Gasteiger partial charge in [0.2, 0.25) is 5.91 Å². The van der Waals surface area contributed by atoms with Crippen LogP contribution in [0, 0.1) is 5.41 Å². The Labute approximate surface area is 270 Å². The summed E-state index contributed by atoms with van der Waals surface area (Å²) in [7, 11) is 1.44. The van der Waals surface area contributed by atoms with Crippen molar-refractivity contribution in [1.82, 2.24) is 5.32 Å². The Balaban J connectivity index is -0.00000257. The predicted octanol–water partition coefficient (Wildman–Crippen LogP) is 9.59. The molecule has 0 saturated heterocycles. The highest BCUT2D eigenvalue weighted by atomic mass is 16.5. The van der Waals surface area contributed by atoms with E-state index < -0.39 is 11.5 Å². The molecule has 252 valence electrons. The van der Waals surface area contributed by atoms with Crippen LogP contribution < -0.4 is 5.32 Å². The van der Waals surface area contributed by atoms with E-state index in [-0.39, 0.29) is 43.7 Å². The first-order valence-electron chi connectivity index (χ1n) is 16.5. The molecule has 0 aromatic carbocycles. The molecule has 6 heteroatoms. The Morgan fingerprint density at radius 3 is 1.48 bits per heavy atom. The normalized spacial score (nSPS) is 12.6. The lowest BCUT2D eigenvalue weighted by Gasteiger charge is -2.31. The van der Waals surface area contributed by atoms with E-state index in [1.165, 1.54) is 26.9 Å². The van der Waals surface area contributed by atoms with Gasteiger partial charge in [0.25, 0.3) is 0 Å². The molecule has 1 N–H and O–H groups in total. The van der Waals surface area contributed by atoms with Gasteiger partial charge < -0.3 is 14.8 Å². The highest BCUT2D eigenvalue weighted by molar-refractivity contribution is 5.82. The number of hydrogen-bond donors (Lipinski definition) is 1. The fourth-order valence-corrected chi connectivity index (χ4v) is 3.34. The molecule has 0 aliphatic rings. The second kappa shape index (κ2) is 34.5. The van der Waals surface area contributed by atoms with Crippen LogP contribution in [0.1, 0.15) is 120 Å². The molecule has 1 atom stereocenters. The van der Waals surface area contributed by atoms with E-state index in [0.717, 1.165) is 38.5 Å². The van der Waals surface area contributed by atoms with Gasteiger partial charge in [-0.05, 0) is 45.4 Å². The molecule has 44 heavy (non-hydrogen) atoms. The van der Waals surface area contributed by atoms with Gasteiger partial charge in [0.15, 0.2) is 0 Å². The third kappa shape index (κ3) is 31.9. The number of ether oxygens (including phenoxy) is 2. The molecule has 0 aliphatic heterocycles. The zero-order valence-corrected chi connectivity index (χ0v) is 29.5. The average Bonchev–Trinajstić information content (AvgIpc) is 3.00. The van der Waals surface area contributed by atoms with E-state index in [0.29, 0.717) is 0 Å². The molecule has 0 unspecified atom stereocenters. The van der Waals surface area contributed by atoms with Crippen molar-refractivity contribution in [3.8, 4) is 0 Å². The van der Waals surface area contributed by atoms with Crippen molar-refractivity contribution in [2.75, 3.05) is 20.3 Å². The van der Waals surface area contributed by atoms with E-state index in [1.807, 2.05) is 19.9 Å². The number of Topliss-reactive ketones (excluding diaryl/α,β-unsaturated/α-hetero) is 1. The van der Waals surface area contributed by atoms with E-state index in [4.69, 9.17) is 9.47 Å². The number of rotatable bonds is 22. The van der Waals surface area contributed by atoms with Gasteiger partial charge in [-0.15, -0.1) is 0 Å². The van der Waals surface area contributed by atoms with Crippen molar-refractivity contribution in [1.29, 1.82) is 0 Å². The van der Waals surface area contributed by atoms with Gasteiger partial charge in [-0.25, -0.2) is 0 Å². The van der Waals surface area contributed by atoms with Gasteiger partial charge in [0, 0.05) is 25.5 Å². The van der Waals surface area contributed by atoms with E-state index >= 15 is 0 Å². The first-order valence-corrected chi connectivity index (χ1v) is 16.5. The van der Waals surface area contributed by atoms with Crippen LogP contribution in [0.2, 0.25) is 0 Å². The van der Waals surface area contributed by atoms with Gasteiger partial charge in [-0.1, -0.05) is 134 Å². The molecule has 6 nitrogen and oxygen atoms in total. The van der Waals surface area contributed by atoms with Crippen molar-refractivity contribution in [3.05, 3.63) is 72.9 Å². The lowest BCUT2D eigenvalue weighted by atomic mass is 9.86. The minimum atomic E-state index is -0.798. The van der Waals surface area contributed by atoms with Crippen LogP contribution in [0.3, 0.4) is 0 Å². The zero-order chi connectivity index (χ0) is 33.9. The summed E-state index contributed by atoms with van der Waals surface area (Å²) in [5.74, 6) is -0.682. The summed E-state index contributed by atoms with van der Waals surface area (Å²) in [6, 6.07) is 0. The van der Waals surface area contributed by atoms with Crippen molar-refractivity contribution in [3.63, 3.8) is 0 Å². The SMILES string of the molecule is CC.CC/C=C\C/C=C\C/C=C\C/C=C\C/C=C\C/C=C\CC(=O)OCC(C)(C)[C@@H](OC)C(=O)NCCC(C)=O.CCCC. The highest BCUT2D eigenvalue weighted by Gasteiger charge is 2.36. The summed E-state index contributed by atoms with van der Waals surface area (Å²) >= 11 is 0. The van der Waals surface area contributed by atoms with Crippen LogP contribution in [-0.2, 0) is 23.9 Å². The molecule has 0 aromatic heterocycles. The van der Waals surface area contributed by atoms with Crippen LogP contribution in [0.15, 0.2) is 72.9 Å². The molecule has 0 bridgehead atoms. The van der Waals surface area contributed by atoms with Crippen molar-refractivity contribution in [2.45, 2.75) is 126 Å². The number of nitrogens with one attached hydrogen (secondary N) is 1. The number of allylic oxidation sites excluding steroid dienone is 11. The second-order valence-corrected chi connectivity index (χ2v) is 10.6. The lowest BCUT2D eigenvalue weighted by molar-refractivity contribution is -0.154. The van der Waals surface area contributed by atoms with Gasteiger partial charge in [0.05, 0.1) is 13.0 Å². The number of esters is 1. The standard InChI is InChI=1S/C32H49NO5.C4H10.C2H6/c1-6-7-8-9-10-11-12-13-14-15-16-17-18-19-20-21-22-23-24-29(35)38-27-32(3,4)30(37-5)31(36)33-26-25-28(2)34;1-3-4-2;1-2/h7-8,10-11,13-14,16-17,19-20,22-23,30H,6,9,12,15,18,21,24-27H2,1-5H3,(H,33,36);3-4H2,1-2H3;1-2H3/b8-7-,11-10-,14-13-,17-16-,20-19-,23-22-;;/t30-;;/m0../s1. The van der Waals surface area contributed by atoms with E-state index in [9.17, 15) is 14.4 Å². The molecular weight excluding hydrogens is 550 g/mol. The average molecular weight is 616 g/mol. The van der Waals surface area contributed by atoms with Crippen LogP contribution in [-0.4, -0.2) is 44.0 Å². The molecule has 0 fully saturated rings. The summed E-state index contributed by atoms with van der Waals surface area (Å²) in [6.07, 6.45) is 33.2. The zero-order valence-electron chi connectivity index (χ0n) is 29.5. The van der Waals surface area contributed by atoms with Gasteiger partial charge >= 0.3 is 5.97 Å². The lowest BCUT2D eigenvalue weighted by Crippen LogP contribution is -2.47. The Kier molecular flexibility index (Phi) is 35.6. The van der Waals surface area contributed by atoms with Crippen LogP contribution >= 0.6 is 0 Å². The number of carbonyl (C=O) groups excluding carboxylic acids is 3. The molecule has 1 amide bonds. The van der Waals surface area contributed by atoms with Crippen molar-refractivity contribution in [2.24, 2.45) is 5.41 Å². The molecular formula is C38H65NO5. The summed E-state index contributed by atoms with van der Waals surface area (Å²) in [5, 5.41) is 2.69. The summed E-state index contributed by atoms with van der Waals surface area (Å²) < 4.78 is 10.7. The third-order valence-corrected chi connectivity index (χ3v) is 5.95. The molecule has 0 rings (SSSR count). The van der Waals surface area contributed by atoms with Crippen molar-refractivity contribution >= 4 is 17.7 Å². The number of unbranched alkanes of at least 4 members (excludes halogenated alkanes) is 1. The van der Waals surface area contributed by atoms with Gasteiger partial charge in [-0.2, -0.15) is 0 Å². The van der Waals surface area contributed by atoms with Crippen LogP contribution in [0.4, 0.5) is 0 Å². The van der Waals surface area contributed by atoms with Gasteiger partial charge in [-0.3, -0.25) is 14.4 Å². The quantitative estimate of drug-likeness (QED) is 0.0969. The number of amides is 1. The van der Waals surface area contributed by atoms with Gasteiger partial charge in [0.1, 0.15) is 11.9 Å². The molecule has 0 spiro atoms. The topological polar surface area (TPSA) is 81.7 Å². The maximum absolute atomic E-state index is 12.4. The fraction of sp³-hybridized carbons (Fsp3) is 0.605. The Morgan fingerprint density at radius 2 is 1.11 bits per heavy atom. The second-order valence-electron chi connectivity index (χ2n) is 10.6. The Morgan fingerprint density at radius 1 is 0.705 bits per heavy atom. The van der Waals surface area contributed by atoms with E-state index in [1.54, 1.807) is 19.9 Å². The summed E-state index contributed by atoms with van der Waals surface area (Å²) in [6.45, 7) is 15.9. The minimum Gasteiger partial charge on any atom is -0.465 e. The molecule has 0 saturated carbocycles. The summed E-state index contributed by atoms with van der Waals surface area (Å²) in [5.41, 5.74) is -0.719. The highest BCUT2D eigenvalue weighted by Crippen LogP contribution is 2.24. The van der Waals surface area contributed by atoms with E-state index in [2.05, 4.69) is 86.8 Å². The monoisotopic (exact) mass is 615 g/mol. The first-order chi connectivity index (χ1) is 21.2. The fourth-order valence-electron chi connectivity index (χ4n) is 3.34. The van der Waals surface area contributed by atoms with Crippen molar-refractivity contribution < 1.29 is 23.9 Å². The molecule has 0 radical (unpaired) electrons. The first kappa shape index (κ1) is 45.4. The number of methoxy groups -OCH3 is 1. The Bertz CT molecular complexity index is 876. The molecule has 0 aromatic rings. The maximum atomic E-state index is 12.4.